The second-order valence-electron chi connectivity index (χ2n) is 5.11. The van der Waals surface area contributed by atoms with E-state index in [-0.39, 0.29) is 17.5 Å². The highest BCUT2D eigenvalue weighted by molar-refractivity contribution is 5.58. The van der Waals surface area contributed by atoms with Crippen molar-refractivity contribution in [2.24, 2.45) is 0 Å². The minimum absolute atomic E-state index is 0.000556. The molecule has 0 amide bonds. The van der Waals surface area contributed by atoms with Gasteiger partial charge in [0.2, 0.25) is 0 Å². The van der Waals surface area contributed by atoms with E-state index in [4.69, 9.17) is 0 Å². The molecule has 3 N–H and O–H groups in total. The number of nitrogens with one attached hydrogen (secondary N) is 1. The molecular formula is C17H21NO2. The third-order valence-corrected chi connectivity index (χ3v) is 3.53. The van der Waals surface area contributed by atoms with E-state index in [0.717, 1.165) is 17.7 Å². The fourth-order valence-electron chi connectivity index (χ4n) is 2.40. The molecule has 2 rings (SSSR count). The van der Waals surface area contributed by atoms with Crippen LogP contribution in [0, 0.1) is 6.92 Å². The second kappa shape index (κ2) is 5.87. The number of para-hydroxylation sites is 1. The van der Waals surface area contributed by atoms with Gasteiger partial charge < -0.3 is 15.5 Å². The van der Waals surface area contributed by atoms with Crippen LogP contribution in [0.4, 0.5) is 5.69 Å². The molecule has 0 spiro atoms. The summed E-state index contributed by atoms with van der Waals surface area (Å²) in [5.41, 5.74) is 4.44. The van der Waals surface area contributed by atoms with E-state index in [9.17, 15) is 10.2 Å². The molecule has 0 aromatic heterocycles. The van der Waals surface area contributed by atoms with Crippen molar-refractivity contribution in [1.29, 1.82) is 0 Å². The predicted octanol–water partition coefficient (Wildman–Crippen LogP) is 4.14. The van der Waals surface area contributed by atoms with Gasteiger partial charge in [-0.05, 0) is 49.1 Å². The lowest BCUT2D eigenvalue weighted by Gasteiger charge is -2.20. The summed E-state index contributed by atoms with van der Waals surface area (Å²) in [5, 5.41) is 22.6. The van der Waals surface area contributed by atoms with Gasteiger partial charge in [0.05, 0.1) is 0 Å². The average Bonchev–Trinajstić information content (AvgIpc) is 2.39. The van der Waals surface area contributed by atoms with Gasteiger partial charge >= 0.3 is 0 Å². The van der Waals surface area contributed by atoms with Gasteiger partial charge in [0.15, 0.2) is 0 Å². The number of phenolic OH excluding ortho intramolecular Hbond substituents is 2. The lowest BCUT2D eigenvalue weighted by atomic mass is 10.0. The summed E-state index contributed by atoms with van der Waals surface area (Å²) in [7, 11) is 0. The lowest BCUT2D eigenvalue weighted by molar-refractivity contribution is 0.448. The number of aryl methyl sites for hydroxylation is 2. The van der Waals surface area contributed by atoms with Crippen molar-refractivity contribution in [3.8, 4) is 11.5 Å². The molecule has 0 saturated carbocycles. The SMILES string of the molecule is CCc1cccc(C)c1NC(C)c1cc(O)cc(O)c1. The Morgan fingerprint density at radius 3 is 2.35 bits per heavy atom. The Morgan fingerprint density at radius 1 is 1.10 bits per heavy atom. The van der Waals surface area contributed by atoms with E-state index in [2.05, 4.69) is 37.4 Å². The first-order valence-electron chi connectivity index (χ1n) is 6.89. The summed E-state index contributed by atoms with van der Waals surface area (Å²) in [6, 6.07) is 10.9. The molecule has 0 aliphatic carbocycles. The molecule has 1 atom stereocenters. The first kappa shape index (κ1) is 14.3. The van der Waals surface area contributed by atoms with Crippen LogP contribution in [0.1, 0.15) is 36.6 Å². The van der Waals surface area contributed by atoms with Gasteiger partial charge in [-0.25, -0.2) is 0 Å². The van der Waals surface area contributed by atoms with Gasteiger partial charge in [-0.1, -0.05) is 25.1 Å². The topological polar surface area (TPSA) is 52.5 Å². The molecule has 0 fully saturated rings. The number of anilines is 1. The van der Waals surface area contributed by atoms with Gasteiger partial charge in [-0.2, -0.15) is 0 Å². The monoisotopic (exact) mass is 271 g/mol. The minimum Gasteiger partial charge on any atom is -0.508 e. The molecule has 2 aromatic rings. The van der Waals surface area contributed by atoms with E-state index >= 15 is 0 Å². The van der Waals surface area contributed by atoms with Crippen molar-refractivity contribution in [2.45, 2.75) is 33.2 Å². The molecule has 0 bridgehead atoms. The summed E-state index contributed by atoms with van der Waals surface area (Å²) in [6.07, 6.45) is 0.960. The fourth-order valence-corrected chi connectivity index (χ4v) is 2.40. The van der Waals surface area contributed by atoms with Crippen LogP contribution in [-0.2, 0) is 6.42 Å². The van der Waals surface area contributed by atoms with Gasteiger partial charge in [-0.3, -0.25) is 0 Å². The molecular weight excluding hydrogens is 250 g/mol. The molecule has 106 valence electrons. The van der Waals surface area contributed by atoms with Crippen molar-refractivity contribution in [3.63, 3.8) is 0 Å². The predicted molar refractivity (Wildman–Crippen MR) is 82.4 cm³/mol. The Kier molecular flexibility index (Phi) is 4.18. The molecule has 3 heteroatoms. The zero-order valence-corrected chi connectivity index (χ0v) is 12.1. The van der Waals surface area contributed by atoms with Crippen LogP contribution < -0.4 is 5.32 Å². The normalized spacial score (nSPS) is 12.2. The summed E-state index contributed by atoms with van der Waals surface area (Å²) in [5.74, 6) is 0.156. The van der Waals surface area contributed by atoms with Crippen LogP contribution in [0.5, 0.6) is 11.5 Å². The number of phenols is 2. The van der Waals surface area contributed by atoms with Gasteiger partial charge in [0, 0.05) is 17.8 Å². The molecule has 2 aromatic carbocycles. The highest BCUT2D eigenvalue weighted by Crippen LogP contribution is 2.29. The Bertz CT molecular complexity index is 588. The van der Waals surface area contributed by atoms with E-state index in [1.807, 2.05) is 6.92 Å². The second-order valence-corrected chi connectivity index (χ2v) is 5.11. The highest BCUT2D eigenvalue weighted by Gasteiger charge is 2.11. The van der Waals surface area contributed by atoms with Crippen molar-refractivity contribution in [3.05, 3.63) is 53.1 Å². The van der Waals surface area contributed by atoms with Crippen molar-refractivity contribution < 1.29 is 10.2 Å². The number of rotatable bonds is 4. The molecule has 0 heterocycles. The Hall–Kier alpha value is -2.16. The van der Waals surface area contributed by atoms with Gasteiger partial charge in [0.1, 0.15) is 11.5 Å². The summed E-state index contributed by atoms with van der Waals surface area (Å²) >= 11 is 0. The van der Waals surface area contributed by atoms with E-state index in [0.29, 0.717) is 0 Å². The molecule has 1 unspecified atom stereocenters. The Morgan fingerprint density at radius 2 is 1.75 bits per heavy atom. The molecule has 0 aliphatic rings. The standard InChI is InChI=1S/C17H21NO2/c1-4-13-7-5-6-11(2)17(13)18-12(3)14-8-15(19)10-16(20)9-14/h5-10,12,18-20H,4H2,1-3H3. The zero-order chi connectivity index (χ0) is 14.7. The molecule has 0 saturated heterocycles. The number of hydrogen-bond donors (Lipinski definition) is 3. The van der Waals surface area contributed by atoms with Crippen LogP contribution in [0.3, 0.4) is 0 Å². The summed E-state index contributed by atoms with van der Waals surface area (Å²) in [4.78, 5) is 0. The maximum atomic E-state index is 9.58. The highest BCUT2D eigenvalue weighted by atomic mass is 16.3. The van der Waals surface area contributed by atoms with Crippen molar-refractivity contribution in [2.75, 3.05) is 5.32 Å². The Balaban J connectivity index is 2.30. The fraction of sp³-hybridized carbons (Fsp3) is 0.294. The third-order valence-electron chi connectivity index (χ3n) is 3.53. The van der Waals surface area contributed by atoms with Gasteiger partial charge in [0.25, 0.3) is 0 Å². The maximum Gasteiger partial charge on any atom is 0.119 e. The van der Waals surface area contributed by atoms with E-state index < -0.39 is 0 Å². The molecule has 0 aliphatic heterocycles. The maximum absolute atomic E-state index is 9.58. The third kappa shape index (κ3) is 3.05. The summed E-state index contributed by atoms with van der Waals surface area (Å²) in [6.45, 7) is 6.22. The van der Waals surface area contributed by atoms with E-state index in [1.165, 1.54) is 17.2 Å². The Labute approximate surface area is 119 Å². The first-order valence-corrected chi connectivity index (χ1v) is 6.89. The number of hydrogen-bond acceptors (Lipinski definition) is 3. The molecule has 0 radical (unpaired) electrons. The lowest BCUT2D eigenvalue weighted by Crippen LogP contribution is -2.09. The smallest absolute Gasteiger partial charge is 0.119 e. The van der Waals surface area contributed by atoms with Crippen LogP contribution in [-0.4, -0.2) is 10.2 Å². The summed E-state index contributed by atoms with van der Waals surface area (Å²) < 4.78 is 0. The molecule has 3 nitrogen and oxygen atoms in total. The zero-order valence-electron chi connectivity index (χ0n) is 12.1. The van der Waals surface area contributed by atoms with Crippen molar-refractivity contribution in [1.82, 2.24) is 0 Å². The minimum atomic E-state index is -0.000556. The van der Waals surface area contributed by atoms with Crippen LogP contribution in [0.2, 0.25) is 0 Å². The number of aromatic hydroxyl groups is 2. The average molecular weight is 271 g/mol. The quantitative estimate of drug-likeness (QED) is 0.783. The van der Waals surface area contributed by atoms with Crippen LogP contribution in [0.15, 0.2) is 36.4 Å². The molecule has 20 heavy (non-hydrogen) atoms. The number of benzene rings is 2. The van der Waals surface area contributed by atoms with Crippen LogP contribution >= 0.6 is 0 Å². The first-order chi connectivity index (χ1) is 9.51. The largest absolute Gasteiger partial charge is 0.508 e. The van der Waals surface area contributed by atoms with Gasteiger partial charge in [-0.15, -0.1) is 0 Å². The van der Waals surface area contributed by atoms with Crippen LogP contribution in [0.25, 0.3) is 0 Å². The van der Waals surface area contributed by atoms with E-state index in [1.54, 1.807) is 12.1 Å². The van der Waals surface area contributed by atoms with Crippen molar-refractivity contribution >= 4 is 5.69 Å².